The highest BCUT2D eigenvalue weighted by Crippen LogP contribution is 2.44. The number of benzene rings is 1. The molecule has 3 heterocycles. The minimum atomic E-state index is 0.110. The van der Waals surface area contributed by atoms with Crippen LogP contribution in [0.2, 0.25) is 0 Å². The van der Waals surface area contributed by atoms with Gasteiger partial charge in [0.2, 0.25) is 5.95 Å². The zero-order valence-corrected chi connectivity index (χ0v) is 18.4. The Morgan fingerprint density at radius 3 is 2.72 bits per heavy atom. The third kappa shape index (κ3) is 3.16. The van der Waals surface area contributed by atoms with Crippen molar-refractivity contribution in [1.82, 2.24) is 24.7 Å². The fraction of sp³-hybridized carbons (Fsp3) is 0.348. The van der Waals surface area contributed by atoms with Gasteiger partial charge in [0.25, 0.3) is 0 Å². The minimum Gasteiger partial charge on any atom is -0.341 e. The first-order valence-corrected chi connectivity index (χ1v) is 11.0. The van der Waals surface area contributed by atoms with E-state index >= 15 is 0 Å². The molecule has 3 aromatic rings. The lowest BCUT2D eigenvalue weighted by Crippen LogP contribution is -2.47. The maximum absolute atomic E-state index is 6.51. The molecule has 0 saturated heterocycles. The van der Waals surface area contributed by atoms with Crippen LogP contribution in [0.4, 0.5) is 11.8 Å². The quantitative estimate of drug-likeness (QED) is 0.287. The van der Waals surface area contributed by atoms with Crippen molar-refractivity contribution in [2.24, 2.45) is 10.8 Å². The van der Waals surface area contributed by atoms with Crippen molar-refractivity contribution in [3.05, 3.63) is 66.5 Å². The van der Waals surface area contributed by atoms with Crippen molar-refractivity contribution >= 4 is 17.6 Å². The van der Waals surface area contributed by atoms with Crippen LogP contribution < -0.4 is 15.8 Å². The topological polar surface area (TPSA) is 101 Å². The molecule has 1 aliphatic heterocycles. The Kier molecular flexibility index (Phi) is 5.18. The number of rotatable bonds is 5. The van der Waals surface area contributed by atoms with Crippen molar-refractivity contribution in [1.29, 1.82) is 0 Å². The highest BCUT2D eigenvalue weighted by atomic mass is 15.5. The molecule has 2 aromatic heterocycles. The fourth-order valence-electron chi connectivity index (χ4n) is 4.50. The van der Waals surface area contributed by atoms with E-state index in [9.17, 15) is 0 Å². The molecule has 9 heteroatoms. The van der Waals surface area contributed by atoms with Gasteiger partial charge in [0.1, 0.15) is 11.5 Å². The van der Waals surface area contributed by atoms with E-state index in [0.717, 1.165) is 48.0 Å². The van der Waals surface area contributed by atoms with Crippen molar-refractivity contribution in [2.75, 3.05) is 9.91 Å². The molecule has 2 N–H and O–H groups in total. The van der Waals surface area contributed by atoms with E-state index in [2.05, 4.69) is 43.1 Å². The summed E-state index contributed by atoms with van der Waals surface area (Å²) in [4.78, 5) is 16.4. The Bertz CT molecular complexity index is 1160. The van der Waals surface area contributed by atoms with Crippen LogP contribution in [0.15, 0.2) is 54.3 Å². The first-order valence-electron chi connectivity index (χ1n) is 11.0. The monoisotopic (exact) mass is 429 g/mol. The van der Waals surface area contributed by atoms with Crippen LogP contribution in [0, 0.1) is 6.92 Å². The molecule has 2 aliphatic rings. The van der Waals surface area contributed by atoms with E-state index < -0.39 is 0 Å². The van der Waals surface area contributed by atoms with Crippen LogP contribution in [-0.2, 0) is 0 Å². The lowest BCUT2D eigenvalue weighted by atomic mass is 9.89. The summed E-state index contributed by atoms with van der Waals surface area (Å²) in [5.74, 6) is 10.1. The number of hydrogen-bond donors (Lipinski definition) is 1. The third-order valence-corrected chi connectivity index (χ3v) is 6.25. The molecule has 0 amide bonds. The van der Waals surface area contributed by atoms with E-state index in [1.54, 1.807) is 0 Å². The summed E-state index contributed by atoms with van der Waals surface area (Å²) in [5.41, 5.74) is 1.74. The minimum absolute atomic E-state index is 0.110. The van der Waals surface area contributed by atoms with Crippen LogP contribution >= 0.6 is 0 Å². The SMILES string of the molecule is C=CN=C(c1ccccc1)N(N)c1ncc2c(n1)N(C1CCC1)[C@H](CC)c1nnc(C)n1-2. The van der Waals surface area contributed by atoms with Gasteiger partial charge in [-0.05, 0) is 32.6 Å². The molecule has 0 radical (unpaired) electrons. The number of hydrogen-bond acceptors (Lipinski definition) is 7. The van der Waals surface area contributed by atoms with Gasteiger partial charge < -0.3 is 4.90 Å². The molecular weight excluding hydrogens is 402 g/mol. The predicted molar refractivity (Wildman–Crippen MR) is 125 cm³/mol. The Hall–Kier alpha value is -3.59. The maximum atomic E-state index is 6.51. The second-order valence-electron chi connectivity index (χ2n) is 8.11. The average molecular weight is 430 g/mol. The second-order valence-corrected chi connectivity index (χ2v) is 8.11. The van der Waals surface area contributed by atoms with E-state index in [1.807, 2.05) is 43.5 Å². The van der Waals surface area contributed by atoms with Gasteiger partial charge in [-0.1, -0.05) is 43.8 Å². The summed E-state index contributed by atoms with van der Waals surface area (Å²) >= 11 is 0. The molecule has 9 nitrogen and oxygen atoms in total. The maximum Gasteiger partial charge on any atom is 0.248 e. The average Bonchev–Trinajstić information content (AvgIpc) is 3.17. The molecule has 164 valence electrons. The molecule has 1 saturated carbocycles. The normalized spacial score (nSPS) is 18.0. The summed E-state index contributed by atoms with van der Waals surface area (Å²) in [6.45, 7) is 7.88. The Morgan fingerprint density at radius 2 is 2.06 bits per heavy atom. The van der Waals surface area contributed by atoms with Gasteiger partial charge in [-0.2, -0.15) is 4.98 Å². The number of nitrogens with two attached hydrogens (primary N) is 1. The number of aliphatic imine (C=N–C) groups is 1. The molecule has 1 aromatic carbocycles. The Morgan fingerprint density at radius 1 is 1.28 bits per heavy atom. The largest absolute Gasteiger partial charge is 0.341 e. The molecule has 0 unspecified atom stereocenters. The van der Waals surface area contributed by atoms with E-state index in [0.29, 0.717) is 17.8 Å². The first-order chi connectivity index (χ1) is 15.6. The van der Waals surface area contributed by atoms with Crippen molar-refractivity contribution in [2.45, 2.75) is 51.6 Å². The van der Waals surface area contributed by atoms with Gasteiger partial charge in [0.05, 0.1) is 12.2 Å². The van der Waals surface area contributed by atoms with Crippen molar-refractivity contribution in [3.8, 4) is 5.69 Å². The van der Waals surface area contributed by atoms with E-state index in [4.69, 9.17) is 10.8 Å². The summed E-state index contributed by atoms with van der Waals surface area (Å²) in [6, 6.07) is 10.3. The first kappa shape index (κ1) is 20.3. The number of aryl methyl sites for hydroxylation is 1. The molecule has 1 fully saturated rings. The number of anilines is 2. The zero-order chi connectivity index (χ0) is 22.2. The summed E-state index contributed by atoms with van der Waals surface area (Å²) in [7, 11) is 0. The highest BCUT2D eigenvalue weighted by Gasteiger charge is 2.40. The molecule has 32 heavy (non-hydrogen) atoms. The van der Waals surface area contributed by atoms with Crippen LogP contribution in [0.3, 0.4) is 0 Å². The number of nitrogens with zero attached hydrogens (tertiary/aromatic N) is 8. The number of aromatic nitrogens is 5. The lowest BCUT2D eigenvalue weighted by molar-refractivity contribution is 0.341. The molecule has 1 aliphatic carbocycles. The van der Waals surface area contributed by atoms with Crippen LogP contribution in [-0.4, -0.2) is 36.6 Å². The molecule has 0 bridgehead atoms. The molecule has 1 atom stereocenters. The van der Waals surface area contributed by atoms with Crippen molar-refractivity contribution in [3.63, 3.8) is 0 Å². The van der Waals surface area contributed by atoms with E-state index in [1.165, 1.54) is 17.6 Å². The summed E-state index contributed by atoms with van der Waals surface area (Å²) in [6.07, 6.45) is 7.70. The predicted octanol–water partition coefficient (Wildman–Crippen LogP) is 3.46. The Balaban J connectivity index is 1.63. The standard InChI is InChI=1S/C23H27N9/c1-4-18-22-29-28-15(3)30(22)19-14-26-23(27-21(19)31(18)17-12-9-13-17)32(24)20(25-5-2)16-10-7-6-8-11-16/h5-8,10-11,14,17-18H,2,4,9,12-13,24H2,1,3H3/t18-/m1/s1. The molecular formula is C23H27N9. The number of amidine groups is 1. The van der Waals surface area contributed by atoms with Crippen LogP contribution in [0.25, 0.3) is 5.69 Å². The second kappa shape index (κ2) is 8.16. The van der Waals surface area contributed by atoms with Gasteiger partial charge in [0, 0.05) is 17.8 Å². The summed E-state index contributed by atoms with van der Waals surface area (Å²) in [5, 5.41) is 10.3. The van der Waals surface area contributed by atoms with Gasteiger partial charge in [-0.3, -0.25) is 4.57 Å². The van der Waals surface area contributed by atoms with Crippen LogP contribution in [0.5, 0.6) is 0 Å². The van der Waals surface area contributed by atoms with Gasteiger partial charge in [-0.15, -0.1) is 10.2 Å². The third-order valence-electron chi connectivity index (χ3n) is 6.25. The van der Waals surface area contributed by atoms with Crippen LogP contribution in [0.1, 0.15) is 55.9 Å². The van der Waals surface area contributed by atoms with Gasteiger partial charge in [0.15, 0.2) is 17.5 Å². The molecule has 5 rings (SSSR count). The van der Waals surface area contributed by atoms with Gasteiger partial charge in [-0.25, -0.2) is 20.8 Å². The fourth-order valence-corrected chi connectivity index (χ4v) is 4.50. The van der Waals surface area contributed by atoms with Gasteiger partial charge >= 0.3 is 0 Å². The lowest BCUT2D eigenvalue weighted by Gasteiger charge is -2.45. The molecule has 0 spiro atoms. The summed E-state index contributed by atoms with van der Waals surface area (Å²) < 4.78 is 2.07. The number of fused-ring (bicyclic) bond motifs is 3. The Labute approximate surface area is 187 Å². The highest BCUT2D eigenvalue weighted by molar-refractivity contribution is 6.08. The smallest absolute Gasteiger partial charge is 0.248 e. The zero-order valence-electron chi connectivity index (χ0n) is 18.4. The van der Waals surface area contributed by atoms with Crippen molar-refractivity contribution < 1.29 is 0 Å². The number of hydrazine groups is 1. The van der Waals surface area contributed by atoms with E-state index in [-0.39, 0.29) is 6.04 Å².